The van der Waals surface area contributed by atoms with Gasteiger partial charge in [0.25, 0.3) is 0 Å². The van der Waals surface area contributed by atoms with Gasteiger partial charge in [-0.25, -0.2) is 0 Å². The third-order valence-corrected chi connectivity index (χ3v) is 1.74. The monoisotopic (exact) mass is 225 g/mol. The van der Waals surface area contributed by atoms with Crippen molar-refractivity contribution in [3.8, 4) is 0 Å². The molecule has 0 aromatic heterocycles. The number of aliphatic carboxylic acids is 1. The van der Waals surface area contributed by atoms with Gasteiger partial charge in [-0.3, -0.25) is 4.79 Å². The van der Waals surface area contributed by atoms with Gasteiger partial charge in [0.15, 0.2) is 0 Å². The van der Waals surface area contributed by atoms with Crippen LogP contribution in [0, 0.1) is 0 Å². The third kappa shape index (κ3) is 7.49. The highest BCUT2D eigenvalue weighted by molar-refractivity contribution is 5.66. The number of carboxylic acid groups (broad SMARTS) is 1. The molecule has 0 radical (unpaired) electrons. The summed E-state index contributed by atoms with van der Waals surface area (Å²) in [5.74, 6) is -0.693. The minimum atomic E-state index is -0.693. The van der Waals surface area contributed by atoms with Crippen LogP contribution in [0.5, 0.6) is 0 Å². The maximum Gasteiger partial charge on any atom is 0.303 e. The largest absolute Gasteiger partial charge is 0.481 e. The molecule has 0 spiro atoms. The summed E-state index contributed by atoms with van der Waals surface area (Å²) in [7, 11) is 0. The molecule has 0 aliphatic carbocycles. The van der Waals surface area contributed by atoms with Crippen LogP contribution in [0.2, 0.25) is 0 Å². The van der Waals surface area contributed by atoms with E-state index in [1.807, 2.05) is 6.92 Å². The highest BCUT2D eigenvalue weighted by Crippen LogP contribution is 2.14. The van der Waals surface area contributed by atoms with E-state index in [1.165, 1.54) is 0 Å². The van der Waals surface area contributed by atoms with E-state index in [2.05, 4.69) is 0 Å². The minimum Gasteiger partial charge on any atom is -0.481 e. The molecule has 0 saturated heterocycles. The van der Waals surface area contributed by atoms with Crippen LogP contribution in [0.15, 0.2) is 18.2 Å². The van der Waals surface area contributed by atoms with Crippen molar-refractivity contribution in [2.24, 2.45) is 0 Å². The third-order valence-electron chi connectivity index (χ3n) is 1.74. The molecule has 5 heteroatoms. The van der Waals surface area contributed by atoms with Crippen molar-refractivity contribution in [2.75, 3.05) is 17.2 Å². The zero-order valence-corrected chi connectivity index (χ0v) is 9.44. The molecule has 0 aliphatic heterocycles. The van der Waals surface area contributed by atoms with E-state index in [9.17, 15) is 4.79 Å². The number of nitrogen functional groups attached to an aromatic ring is 3. The maximum absolute atomic E-state index is 9.76. The number of carbonyl (C=O) groups is 1. The number of carboxylic acids is 1. The molecule has 7 N–H and O–H groups in total. The Kier molecular flexibility index (Phi) is 6.51. The van der Waals surface area contributed by atoms with Crippen molar-refractivity contribution < 1.29 is 9.90 Å². The Morgan fingerprint density at radius 2 is 1.50 bits per heavy atom. The number of hydrogen-bond acceptors (Lipinski definition) is 4. The Hall–Kier alpha value is -1.91. The number of anilines is 3. The SMILES string of the molecule is CCCCC(=O)O.Nc1cc(N)cc(N)c1. The summed E-state index contributed by atoms with van der Waals surface area (Å²) >= 11 is 0. The van der Waals surface area contributed by atoms with E-state index in [1.54, 1.807) is 18.2 Å². The van der Waals surface area contributed by atoms with Gasteiger partial charge in [-0.15, -0.1) is 0 Å². The summed E-state index contributed by atoms with van der Waals surface area (Å²) in [5.41, 5.74) is 18.0. The summed E-state index contributed by atoms with van der Waals surface area (Å²) in [5, 5.41) is 8.04. The fraction of sp³-hybridized carbons (Fsp3) is 0.364. The topological polar surface area (TPSA) is 115 Å². The molecule has 1 aromatic carbocycles. The quantitative estimate of drug-likeness (QED) is 0.584. The van der Waals surface area contributed by atoms with Crippen LogP contribution in [0.4, 0.5) is 17.1 Å². The normalized spacial score (nSPS) is 9.06. The van der Waals surface area contributed by atoms with Crippen molar-refractivity contribution in [2.45, 2.75) is 26.2 Å². The second-order valence-electron chi connectivity index (χ2n) is 3.43. The summed E-state index contributed by atoms with van der Waals surface area (Å²) in [6.07, 6.45) is 2.08. The lowest BCUT2D eigenvalue weighted by Crippen LogP contribution is -1.93. The first-order valence-corrected chi connectivity index (χ1v) is 5.09. The Bertz CT molecular complexity index is 290. The second-order valence-corrected chi connectivity index (χ2v) is 3.43. The molecule has 0 saturated carbocycles. The molecule has 0 fully saturated rings. The lowest BCUT2D eigenvalue weighted by Gasteiger charge is -1.97. The van der Waals surface area contributed by atoms with Crippen LogP contribution in [0.3, 0.4) is 0 Å². The van der Waals surface area contributed by atoms with E-state index < -0.39 is 5.97 Å². The van der Waals surface area contributed by atoms with Gasteiger partial charge < -0.3 is 22.3 Å². The Labute approximate surface area is 95.2 Å². The van der Waals surface area contributed by atoms with Gasteiger partial charge in [0.1, 0.15) is 0 Å². The van der Waals surface area contributed by atoms with E-state index in [0.29, 0.717) is 23.5 Å². The molecule has 90 valence electrons. The van der Waals surface area contributed by atoms with Crippen molar-refractivity contribution in [3.63, 3.8) is 0 Å². The van der Waals surface area contributed by atoms with Gasteiger partial charge in [-0.2, -0.15) is 0 Å². The minimum absolute atomic E-state index is 0.316. The maximum atomic E-state index is 9.76. The lowest BCUT2D eigenvalue weighted by atomic mass is 10.2. The Morgan fingerprint density at radius 3 is 1.69 bits per heavy atom. The van der Waals surface area contributed by atoms with Crippen molar-refractivity contribution >= 4 is 23.0 Å². The molecule has 0 bridgehead atoms. The van der Waals surface area contributed by atoms with Crippen LogP contribution in [0.1, 0.15) is 26.2 Å². The predicted molar refractivity (Wildman–Crippen MR) is 66.8 cm³/mol. The first-order chi connectivity index (χ1) is 7.45. The van der Waals surface area contributed by atoms with Crippen LogP contribution in [-0.4, -0.2) is 11.1 Å². The summed E-state index contributed by atoms with van der Waals surface area (Å²) in [4.78, 5) is 9.76. The smallest absolute Gasteiger partial charge is 0.303 e. The van der Waals surface area contributed by atoms with E-state index in [4.69, 9.17) is 22.3 Å². The van der Waals surface area contributed by atoms with Crippen LogP contribution in [-0.2, 0) is 4.79 Å². The van der Waals surface area contributed by atoms with Crippen molar-refractivity contribution in [1.82, 2.24) is 0 Å². The first-order valence-electron chi connectivity index (χ1n) is 5.09. The molecule has 0 unspecified atom stereocenters. The summed E-state index contributed by atoms with van der Waals surface area (Å²) in [6.45, 7) is 1.98. The molecule has 5 nitrogen and oxygen atoms in total. The van der Waals surface area contributed by atoms with Crippen LogP contribution >= 0.6 is 0 Å². The average Bonchev–Trinajstić information content (AvgIpc) is 2.13. The predicted octanol–water partition coefficient (Wildman–Crippen LogP) is 1.69. The molecular formula is C11H19N3O2. The average molecular weight is 225 g/mol. The van der Waals surface area contributed by atoms with Gasteiger partial charge in [-0.05, 0) is 24.6 Å². The first kappa shape index (κ1) is 14.1. The standard InChI is InChI=1S/C6H9N3.C5H10O2/c7-4-1-5(8)3-6(9)2-4;1-2-3-4-5(6)7/h1-3H,7-9H2;2-4H2,1H3,(H,6,7). The molecule has 0 aliphatic rings. The fourth-order valence-corrected chi connectivity index (χ4v) is 1.03. The van der Waals surface area contributed by atoms with Gasteiger partial charge in [0, 0.05) is 23.5 Å². The molecule has 0 heterocycles. The molecule has 0 amide bonds. The van der Waals surface area contributed by atoms with Gasteiger partial charge >= 0.3 is 5.97 Å². The number of nitrogens with two attached hydrogens (primary N) is 3. The second kappa shape index (κ2) is 7.39. The number of hydrogen-bond donors (Lipinski definition) is 4. The Morgan fingerprint density at radius 1 is 1.12 bits per heavy atom. The summed E-state index contributed by atoms with van der Waals surface area (Å²) in [6, 6.07) is 4.99. The molecular weight excluding hydrogens is 206 g/mol. The molecule has 1 aromatic rings. The highest BCUT2D eigenvalue weighted by Gasteiger charge is 1.91. The summed E-state index contributed by atoms with van der Waals surface area (Å²) < 4.78 is 0. The highest BCUT2D eigenvalue weighted by atomic mass is 16.4. The van der Waals surface area contributed by atoms with Crippen molar-refractivity contribution in [3.05, 3.63) is 18.2 Å². The Balaban J connectivity index is 0.000000293. The molecule has 16 heavy (non-hydrogen) atoms. The van der Waals surface area contributed by atoms with Crippen LogP contribution in [0.25, 0.3) is 0 Å². The molecule has 1 rings (SSSR count). The van der Waals surface area contributed by atoms with E-state index >= 15 is 0 Å². The fourth-order valence-electron chi connectivity index (χ4n) is 1.03. The number of benzene rings is 1. The van der Waals surface area contributed by atoms with E-state index in [-0.39, 0.29) is 0 Å². The number of unbranched alkanes of at least 4 members (excludes halogenated alkanes) is 1. The lowest BCUT2D eigenvalue weighted by molar-refractivity contribution is -0.137. The number of rotatable bonds is 3. The zero-order valence-electron chi connectivity index (χ0n) is 9.44. The van der Waals surface area contributed by atoms with Crippen molar-refractivity contribution in [1.29, 1.82) is 0 Å². The van der Waals surface area contributed by atoms with Gasteiger partial charge in [-0.1, -0.05) is 13.3 Å². The molecule has 0 atom stereocenters. The van der Waals surface area contributed by atoms with Crippen LogP contribution < -0.4 is 17.2 Å². The zero-order chi connectivity index (χ0) is 12.6. The van der Waals surface area contributed by atoms with Gasteiger partial charge in [0.2, 0.25) is 0 Å². The van der Waals surface area contributed by atoms with Gasteiger partial charge in [0.05, 0.1) is 0 Å². The van der Waals surface area contributed by atoms with E-state index in [0.717, 1.165) is 12.8 Å².